The lowest BCUT2D eigenvalue weighted by atomic mass is 9.53. The molecular weight excluding hydrogens is 376 g/mol. The largest absolute Gasteiger partial charge is 0.455 e. The summed E-state index contributed by atoms with van der Waals surface area (Å²) >= 11 is 1.35. The van der Waals surface area contributed by atoms with Crippen LogP contribution in [0.3, 0.4) is 0 Å². The van der Waals surface area contributed by atoms with Crippen molar-refractivity contribution in [1.29, 1.82) is 0 Å². The molecule has 3 amide bonds. The third kappa shape index (κ3) is 4.69. The van der Waals surface area contributed by atoms with E-state index in [-0.39, 0.29) is 11.3 Å². The smallest absolute Gasteiger partial charge is 0.321 e. The van der Waals surface area contributed by atoms with Gasteiger partial charge in [0.1, 0.15) is 0 Å². The van der Waals surface area contributed by atoms with Crippen molar-refractivity contribution in [2.45, 2.75) is 49.0 Å². The van der Waals surface area contributed by atoms with E-state index in [9.17, 15) is 14.4 Å². The fourth-order valence-corrected chi connectivity index (χ4v) is 6.26. The van der Waals surface area contributed by atoms with E-state index < -0.39 is 24.5 Å². The number of rotatable bonds is 6. The zero-order valence-corrected chi connectivity index (χ0v) is 16.6. The number of thioether (sulfide) groups is 1. The van der Waals surface area contributed by atoms with Crippen LogP contribution < -0.4 is 10.6 Å². The van der Waals surface area contributed by atoms with E-state index in [1.54, 1.807) is 0 Å². The predicted molar refractivity (Wildman–Crippen MR) is 106 cm³/mol. The van der Waals surface area contributed by atoms with E-state index in [0.717, 1.165) is 24.2 Å². The maximum Gasteiger partial charge on any atom is 0.321 e. The number of esters is 1. The van der Waals surface area contributed by atoms with E-state index in [0.29, 0.717) is 17.8 Å². The highest BCUT2D eigenvalue weighted by Gasteiger charge is 2.51. The second kappa shape index (κ2) is 8.15. The van der Waals surface area contributed by atoms with Gasteiger partial charge >= 0.3 is 12.0 Å². The van der Waals surface area contributed by atoms with Crippen molar-refractivity contribution in [1.82, 2.24) is 10.6 Å². The number of imide groups is 1. The molecule has 5 rings (SSSR count). The van der Waals surface area contributed by atoms with Gasteiger partial charge in [0, 0.05) is 10.4 Å². The lowest BCUT2D eigenvalue weighted by molar-refractivity contribution is -0.145. The van der Waals surface area contributed by atoms with Crippen molar-refractivity contribution in [2.24, 2.45) is 17.8 Å². The van der Waals surface area contributed by atoms with Crippen LogP contribution in [-0.4, -0.2) is 35.8 Å². The first-order chi connectivity index (χ1) is 13.5. The summed E-state index contributed by atoms with van der Waals surface area (Å²) in [5.74, 6) is 1.18. The van der Waals surface area contributed by atoms with Gasteiger partial charge in [-0.15, -0.1) is 11.8 Å². The fraction of sp³-hybridized carbons (Fsp3) is 0.571. The van der Waals surface area contributed by atoms with Crippen molar-refractivity contribution in [3.8, 4) is 0 Å². The van der Waals surface area contributed by atoms with Gasteiger partial charge in [0.2, 0.25) is 0 Å². The minimum Gasteiger partial charge on any atom is -0.455 e. The Morgan fingerprint density at radius 1 is 1.00 bits per heavy atom. The molecule has 4 fully saturated rings. The summed E-state index contributed by atoms with van der Waals surface area (Å²) in [5, 5.41) is 5.39. The molecule has 4 aliphatic rings. The summed E-state index contributed by atoms with van der Waals surface area (Å²) in [6.07, 6.45) is 6.93. The maximum absolute atomic E-state index is 12.3. The molecule has 7 heteroatoms. The fourth-order valence-electron chi connectivity index (χ4n) is 5.55. The van der Waals surface area contributed by atoms with Crippen LogP contribution in [0.2, 0.25) is 0 Å². The van der Waals surface area contributed by atoms with Crippen molar-refractivity contribution < 1.29 is 19.1 Å². The van der Waals surface area contributed by atoms with Gasteiger partial charge in [-0.1, -0.05) is 18.2 Å². The molecule has 0 aromatic heterocycles. The number of urea groups is 1. The van der Waals surface area contributed by atoms with Gasteiger partial charge in [0.25, 0.3) is 5.91 Å². The number of ether oxygens (including phenoxy) is 1. The summed E-state index contributed by atoms with van der Waals surface area (Å²) in [4.78, 5) is 37.0. The lowest BCUT2D eigenvalue weighted by Gasteiger charge is -2.56. The van der Waals surface area contributed by atoms with Gasteiger partial charge in [0.05, 0.1) is 5.75 Å². The van der Waals surface area contributed by atoms with Gasteiger partial charge < -0.3 is 10.1 Å². The van der Waals surface area contributed by atoms with Crippen LogP contribution >= 0.6 is 11.8 Å². The molecule has 4 bridgehead atoms. The Labute approximate surface area is 169 Å². The van der Waals surface area contributed by atoms with Crippen molar-refractivity contribution in [3.63, 3.8) is 0 Å². The second-order valence-electron chi connectivity index (χ2n) is 8.46. The average molecular weight is 403 g/mol. The van der Waals surface area contributed by atoms with Crippen LogP contribution in [0.5, 0.6) is 0 Å². The van der Waals surface area contributed by atoms with Crippen molar-refractivity contribution >= 4 is 29.7 Å². The van der Waals surface area contributed by atoms with Crippen LogP contribution in [0.1, 0.15) is 38.5 Å². The van der Waals surface area contributed by atoms with E-state index >= 15 is 0 Å². The highest BCUT2D eigenvalue weighted by Crippen LogP contribution is 2.55. The van der Waals surface area contributed by atoms with Crippen LogP contribution in [0.15, 0.2) is 35.2 Å². The predicted octanol–water partition coefficient (Wildman–Crippen LogP) is 3.12. The Morgan fingerprint density at radius 3 is 2.21 bits per heavy atom. The molecule has 0 spiro atoms. The number of carbonyl (C=O) groups excluding carboxylic acids is 3. The minimum absolute atomic E-state index is 0.122. The van der Waals surface area contributed by atoms with Gasteiger partial charge in [-0.3, -0.25) is 14.9 Å². The Bertz CT molecular complexity index is 717. The van der Waals surface area contributed by atoms with Gasteiger partial charge in [-0.25, -0.2) is 4.79 Å². The summed E-state index contributed by atoms with van der Waals surface area (Å²) in [7, 11) is 0. The Hall–Kier alpha value is -2.02. The maximum atomic E-state index is 12.3. The molecule has 0 saturated heterocycles. The first-order valence-electron chi connectivity index (χ1n) is 9.95. The molecule has 4 saturated carbocycles. The minimum atomic E-state index is -0.597. The molecule has 0 radical (unpaired) electrons. The van der Waals surface area contributed by atoms with E-state index in [1.165, 1.54) is 31.0 Å². The number of benzene rings is 1. The van der Waals surface area contributed by atoms with Crippen molar-refractivity contribution in [2.75, 3.05) is 12.4 Å². The van der Waals surface area contributed by atoms with E-state index in [1.807, 2.05) is 30.3 Å². The lowest BCUT2D eigenvalue weighted by Crippen LogP contribution is -2.62. The van der Waals surface area contributed by atoms with E-state index in [2.05, 4.69) is 10.6 Å². The molecule has 0 unspecified atom stereocenters. The summed E-state index contributed by atoms with van der Waals surface area (Å²) in [6.45, 7) is -0.442. The Balaban J connectivity index is 1.18. The molecule has 28 heavy (non-hydrogen) atoms. The zero-order chi connectivity index (χ0) is 19.6. The molecule has 6 nitrogen and oxygen atoms in total. The molecule has 0 aliphatic heterocycles. The number of hydrogen-bond donors (Lipinski definition) is 2. The Morgan fingerprint density at radius 2 is 1.61 bits per heavy atom. The first kappa shape index (κ1) is 19.3. The molecule has 1 aromatic carbocycles. The SMILES string of the molecule is O=C(COC(=O)CSc1ccccc1)NC(=O)NC12CC3CC(CC(C3)C1)C2. The molecule has 0 atom stereocenters. The van der Waals surface area contributed by atoms with E-state index in [4.69, 9.17) is 4.74 Å². The second-order valence-corrected chi connectivity index (χ2v) is 9.51. The molecule has 4 aliphatic carbocycles. The molecule has 2 N–H and O–H groups in total. The number of amides is 3. The van der Waals surface area contributed by atoms with Crippen LogP contribution in [-0.2, 0) is 14.3 Å². The number of hydrogen-bond acceptors (Lipinski definition) is 5. The van der Waals surface area contributed by atoms with Crippen LogP contribution in [0.25, 0.3) is 0 Å². The summed E-state index contributed by atoms with van der Waals surface area (Å²) in [6, 6.07) is 9.02. The topological polar surface area (TPSA) is 84.5 Å². The molecule has 150 valence electrons. The standard InChI is InChI=1S/C21H26N2O4S/c24-18(12-27-19(25)13-28-17-4-2-1-3-5-17)22-20(26)23-21-9-14-6-15(10-21)8-16(7-14)11-21/h1-5,14-16H,6-13H2,(H2,22,23,24,26). The van der Waals surface area contributed by atoms with Crippen LogP contribution in [0.4, 0.5) is 4.79 Å². The van der Waals surface area contributed by atoms with Gasteiger partial charge in [-0.2, -0.15) is 0 Å². The molecular formula is C21H26N2O4S. The highest BCUT2D eigenvalue weighted by atomic mass is 32.2. The normalized spacial score (nSPS) is 29.9. The number of nitrogens with one attached hydrogen (secondary N) is 2. The highest BCUT2D eigenvalue weighted by molar-refractivity contribution is 8.00. The first-order valence-corrected chi connectivity index (χ1v) is 10.9. The molecule has 0 heterocycles. The summed E-state index contributed by atoms with van der Waals surface area (Å²) in [5.41, 5.74) is -0.151. The quantitative estimate of drug-likeness (QED) is 0.564. The summed E-state index contributed by atoms with van der Waals surface area (Å²) < 4.78 is 4.97. The average Bonchev–Trinajstić information content (AvgIpc) is 2.64. The zero-order valence-electron chi connectivity index (χ0n) is 15.8. The number of carbonyl (C=O) groups is 3. The van der Waals surface area contributed by atoms with Gasteiger partial charge in [0.15, 0.2) is 6.61 Å². The Kier molecular flexibility index (Phi) is 5.62. The monoisotopic (exact) mass is 402 g/mol. The van der Waals surface area contributed by atoms with Crippen molar-refractivity contribution in [3.05, 3.63) is 30.3 Å². The third-order valence-electron chi connectivity index (χ3n) is 6.13. The molecule has 1 aromatic rings. The van der Waals surface area contributed by atoms with Gasteiger partial charge in [-0.05, 0) is 68.4 Å². The van der Waals surface area contributed by atoms with Crippen LogP contribution in [0, 0.1) is 17.8 Å². The third-order valence-corrected chi connectivity index (χ3v) is 7.12.